The molecule has 0 bridgehead atoms. The number of carbonyl (C=O) groups is 2. The summed E-state index contributed by atoms with van der Waals surface area (Å²) in [5.41, 5.74) is -0.169. The molecule has 1 aromatic carbocycles. The summed E-state index contributed by atoms with van der Waals surface area (Å²) in [6.07, 6.45) is 0.457. The van der Waals surface area contributed by atoms with Gasteiger partial charge in [0.15, 0.2) is 0 Å². The molecule has 1 aromatic rings. The second kappa shape index (κ2) is 7.02. The van der Waals surface area contributed by atoms with Crippen LogP contribution in [0, 0.1) is 17.2 Å². The van der Waals surface area contributed by atoms with Crippen molar-refractivity contribution in [3.63, 3.8) is 0 Å². The van der Waals surface area contributed by atoms with Gasteiger partial charge in [-0.25, -0.2) is 4.39 Å². The maximum absolute atomic E-state index is 13.1. The van der Waals surface area contributed by atoms with Gasteiger partial charge in [0, 0.05) is 12.5 Å². The average molecular weight is 360 g/mol. The van der Waals surface area contributed by atoms with E-state index in [-0.39, 0.29) is 24.2 Å². The summed E-state index contributed by atoms with van der Waals surface area (Å²) in [5, 5.41) is 11.6. The molecule has 1 amide bonds. The number of benzene rings is 1. The number of carboxylic acids is 1. The molecule has 0 fully saturated rings. The summed E-state index contributed by atoms with van der Waals surface area (Å²) in [5.74, 6) is -1.85. The molecule has 6 heteroatoms. The molecule has 0 aliphatic rings. The number of hydrogen-bond acceptors (Lipinski definition) is 2. The van der Waals surface area contributed by atoms with Gasteiger partial charge in [0.1, 0.15) is 5.82 Å². The van der Waals surface area contributed by atoms with E-state index in [4.69, 9.17) is 5.11 Å². The maximum atomic E-state index is 13.1. The van der Waals surface area contributed by atoms with Crippen LogP contribution in [0.15, 0.2) is 22.7 Å². The molecule has 116 valence electrons. The van der Waals surface area contributed by atoms with Crippen LogP contribution in [0.3, 0.4) is 0 Å². The molecule has 0 saturated carbocycles. The lowest BCUT2D eigenvalue weighted by Crippen LogP contribution is -2.41. The monoisotopic (exact) mass is 359 g/mol. The van der Waals surface area contributed by atoms with Crippen LogP contribution in [0.25, 0.3) is 0 Å². The van der Waals surface area contributed by atoms with Gasteiger partial charge in [-0.1, -0.05) is 13.0 Å². The highest BCUT2D eigenvalue weighted by molar-refractivity contribution is 9.10. The van der Waals surface area contributed by atoms with Crippen molar-refractivity contribution in [1.29, 1.82) is 0 Å². The summed E-state index contributed by atoms with van der Waals surface area (Å²) in [4.78, 5) is 23.0. The van der Waals surface area contributed by atoms with Crippen molar-refractivity contribution in [2.24, 2.45) is 11.3 Å². The van der Waals surface area contributed by atoms with E-state index in [1.807, 2.05) is 0 Å². The minimum Gasteiger partial charge on any atom is -0.481 e. The third-order valence-electron chi connectivity index (χ3n) is 3.26. The SMILES string of the molecule is CC(Cc1ccc(F)c(Br)c1)C(=O)NCC(C)(C)C(=O)O. The van der Waals surface area contributed by atoms with Crippen LogP contribution in [0.5, 0.6) is 0 Å². The van der Waals surface area contributed by atoms with Gasteiger partial charge in [-0.05, 0) is 53.9 Å². The summed E-state index contributed by atoms with van der Waals surface area (Å²) in [6, 6.07) is 4.61. The molecule has 0 aliphatic heterocycles. The van der Waals surface area contributed by atoms with E-state index >= 15 is 0 Å². The fourth-order valence-electron chi connectivity index (χ4n) is 1.67. The molecule has 21 heavy (non-hydrogen) atoms. The van der Waals surface area contributed by atoms with Crippen LogP contribution in [0.4, 0.5) is 4.39 Å². The molecule has 4 nitrogen and oxygen atoms in total. The molecule has 0 aliphatic carbocycles. The van der Waals surface area contributed by atoms with Crippen molar-refractivity contribution in [1.82, 2.24) is 5.32 Å². The van der Waals surface area contributed by atoms with E-state index in [1.165, 1.54) is 6.07 Å². The largest absolute Gasteiger partial charge is 0.481 e. The van der Waals surface area contributed by atoms with Gasteiger partial charge in [-0.2, -0.15) is 0 Å². The lowest BCUT2D eigenvalue weighted by atomic mass is 9.93. The Bertz CT molecular complexity index is 546. The predicted molar refractivity (Wildman–Crippen MR) is 81.4 cm³/mol. The summed E-state index contributed by atoms with van der Waals surface area (Å²) in [7, 11) is 0. The summed E-state index contributed by atoms with van der Waals surface area (Å²) >= 11 is 3.10. The topological polar surface area (TPSA) is 66.4 Å². The number of amides is 1. The first kappa shape index (κ1) is 17.6. The van der Waals surface area contributed by atoms with E-state index < -0.39 is 11.4 Å². The number of carbonyl (C=O) groups excluding carboxylic acids is 1. The highest BCUT2D eigenvalue weighted by atomic mass is 79.9. The Labute approximate surface area is 131 Å². The van der Waals surface area contributed by atoms with E-state index in [2.05, 4.69) is 21.2 Å². The Balaban J connectivity index is 2.59. The Morgan fingerprint density at radius 3 is 2.57 bits per heavy atom. The summed E-state index contributed by atoms with van der Waals surface area (Å²) in [6.45, 7) is 4.92. The van der Waals surface area contributed by atoms with Crippen LogP contribution < -0.4 is 5.32 Å². The number of halogens is 2. The normalized spacial score (nSPS) is 12.8. The van der Waals surface area contributed by atoms with Crippen LogP contribution in [-0.2, 0) is 16.0 Å². The van der Waals surface area contributed by atoms with Crippen LogP contribution in [0.1, 0.15) is 26.3 Å². The number of carboxylic acid groups (broad SMARTS) is 1. The smallest absolute Gasteiger partial charge is 0.310 e. The Hall–Kier alpha value is -1.43. The standard InChI is InChI=1S/C15H19BrFNO3/c1-9(6-10-4-5-12(17)11(16)7-10)13(19)18-8-15(2,3)14(20)21/h4-5,7,9H,6,8H2,1-3H3,(H,18,19)(H,20,21). The van der Waals surface area contributed by atoms with Gasteiger partial charge >= 0.3 is 5.97 Å². The lowest BCUT2D eigenvalue weighted by Gasteiger charge is -2.21. The van der Waals surface area contributed by atoms with Crippen molar-refractivity contribution in [2.75, 3.05) is 6.54 Å². The Morgan fingerprint density at radius 1 is 1.43 bits per heavy atom. The fourth-order valence-corrected chi connectivity index (χ4v) is 2.10. The quantitative estimate of drug-likeness (QED) is 0.820. The van der Waals surface area contributed by atoms with Crippen LogP contribution in [-0.4, -0.2) is 23.5 Å². The van der Waals surface area contributed by atoms with Gasteiger partial charge < -0.3 is 10.4 Å². The third kappa shape index (κ3) is 5.12. The first-order valence-corrected chi connectivity index (χ1v) is 7.38. The van der Waals surface area contributed by atoms with E-state index in [9.17, 15) is 14.0 Å². The first-order valence-electron chi connectivity index (χ1n) is 6.58. The number of hydrogen-bond donors (Lipinski definition) is 2. The van der Waals surface area contributed by atoms with E-state index in [0.29, 0.717) is 10.9 Å². The molecule has 0 radical (unpaired) electrons. The third-order valence-corrected chi connectivity index (χ3v) is 3.86. The first-order chi connectivity index (χ1) is 9.63. The highest BCUT2D eigenvalue weighted by Crippen LogP contribution is 2.19. The molecule has 0 saturated heterocycles. The van der Waals surface area contributed by atoms with Gasteiger partial charge in [0.25, 0.3) is 0 Å². The minimum absolute atomic E-state index is 0.0681. The molecule has 0 spiro atoms. The number of rotatable bonds is 6. The molecule has 2 N–H and O–H groups in total. The Kier molecular flexibility index (Phi) is 5.89. The zero-order valence-electron chi connectivity index (χ0n) is 12.2. The Morgan fingerprint density at radius 2 is 2.05 bits per heavy atom. The minimum atomic E-state index is -1.01. The summed E-state index contributed by atoms with van der Waals surface area (Å²) < 4.78 is 13.5. The molecular weight excluding hydrogens is 341 g/mol. The van der Waals surface area contributed by atoms with Gasteiger partial charge in [0.05, 0.1) is 9.89 Å². The molecule has 1 rings (SSSR count). The molecule has 0 heterocycles. The fraction of sp³-hybridized carbons (Fsp3) is 0.467. The molecule has 1 unspecified atom stereocenters. The number of aliphatic carboxylic acids is 1. The van der Waals surface area contributed by atoms with E-state index in [1.54, 1.807) is 32.9 Å². The van der Waals surface area contributed by atoms with Gasteiger partial charge in [-0.3, -0.25) is 9.59 Å². The second-order valence-corrected chi connectivity index (χ2v) is 6.61. The average Bonchev–Trinajstić information content (AvgIpc) is 2.40. The van der Waals surface area contributed by atoms with Gasteiger partial charge in [0.2, 0.25) is 5.91 Å². The maximum Gasteiger partial charge on any atom is 0.310 e. The van der Waals surface area contributed by atoms with Gasteiger partial charge in [-0.15, -0.1) is 0 Å². The van der Waals surface area contributed by atoms with Crippen molar-refractivity contribution >= 4 is 27.8 Å². The van der Waals surface area contributed by atoms with Crippen LogP contribution in [0.2, 0.25) is 0 Å². The zero-order chi connectivity index (χ0) is 16.2. The van der Waals surface area contributed by atoms with E-state index in [0.717, 1.165) is 5.56 Å². The molecular formula is C15H19BrFNO3. The predicted octanol–water partition coefficient (Wildman–Crippen LogP) is 2.99. The molecule has 0 aromatic heterocycles. The van der Waals surface area contributed by atoms with Crippen molar-refractivity contribution < 1.29 is 19.1 Å². The molecule has 1 atom stereocenters. The lowest BCUT2D eigenvalue weighted by molar-refractivity contribution is -0.146. The number of nitrogens with one attached hydrogen (secondary N) is 1. The zero-order valence-corrected chi connectivity index (χ0v) is 13.8. The van der Waals surface area contributed by atoms with Crippen molar-refractivity contribution in [3.05, 3.63) is 34.1 Å². The van der Waals surface area contributed by atoms with Crippen LogP contribution >= 0.6 is 15.9 Å². The van der Waals surface area contributed by atoms with Crippen molar-refractivity contribution in [2.45, 2.75) is 27.2 Å². The highest BCUT2D eigenvalue weighted by Gasteiger charge is 2.28. The van der Waals surface area contributed by atoms with Crippen molar-refractivity contribution in [3.8, 4) is 0 Å². The second-order valence-electron chi connectivity index (χ2n) is 5.76.